The molecule has 8 heteroatoms. The van der Waals surface area contributed by atoms with Gasteiger partial charge in [0.2, 0.25) is 11.8 Å². The maximum absolute atomic E-state index is 13.2. The molecule has 2 aromatic heterocycles. The van der Waals surface area contributed by atoms with E-state index in [2.05, 4.69) is 17.1 Å². The molecule has 0 saturated carbocycles. The quantitative estimate of drug-likeness (QED) is 0.328. The summed E-state index contributed by atoms with van der Waals surface area (Å²) in [6.45, 7) is 3.52. The van der Waals surface area contributed by atoms with Gasteiger partial charge in [-0.2, -0.15) is 4.98 Å². The van der Waals surface area contributed by atoms with E-state index in [4.69, 9.17) is 26.3 Å². The molecule has 0 fully saturated rings. The van der Waals surface area contributed by atoms with Gasteiger partial charge >= 0.3 is 0 Å². The third-order valence-corrected chi connectivity index (χ3v) is 6.43. The highest BCUT2D eigenvalue weighted by atomic mass is 35.5. The molecular formula is C28H26ClN5O2. The third-order valence-electron chi connectivity index (χ3n) is 6.13. The van der Waals surface area contributed by atoms with Crippen molar-refractivity contribution in [3.63, 3.8) is 0 Å². The Morgan fingerprint density at radius 1 is 1.06 bits per heavy atom. The monoisotopic (exact) mass is 499 g/mol. The molecule has 0 N–H and O–H groups in total. The summed E-state index contributed by atoms with van der Waals surface area (Å²) in [5.41, 5.74) is 4.35. The third kappa shape index (κ3) is 5.16. The molecule has 5 rings (SSSR count). The van der Waals surface area contributed by atoms with E-state index in [1.807, 2.05) is 61.3 Å². The number of carbonyl (C=O) groups excluding carboxylic acids is 1. The highest BCUT2D eigenvalue weighted by Gasteiger charge is 2.29. The van der Waals surface area contributed by atoms with Crippen LogP contribution in [-0.2, 0) is 19.5 Å². The molecule has 182 valence electrons. The van der Waals surface area contributed by atoms with Crippen LogP contribution in [0.3, 0.4) is 0 Å². The Morgan fingerprint density at radius 2 is 1.83 bits per heavy atom. The van der Waals surface area contributed by atoms with Crippen molar-refractivity contribution in [3.05, 3.63) is 106 Å². The van der Waals surface area contributed by atoms with Crippen LogP contribution in [0.4, 0.5) is 5.95 Å². The van der Waals surface area contributed by atoms with Gasteiger partial charge in [-0.1, -0.05) is 59.6 Å². The summed E-state index contributed by atoms with van der Waals surface area (Å²) >= 11 is 6.20. The lowest BCUT2D eigenvalue weighted by molar-refractivity contribution is 0.0731. The molecule has 0 aliphatic carbocycles. The molecule has 0 unspecified atom stereocenters. The molecule has 0 bridgehead atoms. The summed E-state index contributed by atoms with van der Waals surface area (Å²) in [5, 5.41) is 0.193. The molecule has 1 aliphatic heterocycles. The maximum atomic E-state index is 13.2. The Kier molecular flexibility index (Phi) is 6.82. The molecule has 0 saturated heterocycles. The first-order valence-electron chi connectivity index (χ1n) is 11.8. The van der Waals surface area contributed by atoms with Crippen molar-refractivity contribution in [2.45, 2.75) is 26.4 Å². The summed E-state index contributed by atoms with van der Waals surface area (Å²) in [7, 11) is 1.97. The summed E-state index contributed by atoms with van der Waals surface area (Å²) < 4.78 is 6.28. The molecule has 36 heavy (non-hydrogen) atoms. The predicted octanol–water partition coefficient (Wildman–Crippen LogP) is 5.46. The number of benzene rings is 2. The normalized spacial score (nSPS) is 12.7. The van der Waals surface area contributed by atoms with Crippen LogP contribution in [0.5, 0.6) is 11.6 Å². The van der Waals surface area contributed by atoms with Gasteiger partial charge in [-0.15, -0.1) is 0 Å². The van der Waals surface area contributed by atoms with Gasteiger partial charge in [-0.05, 0) is 36.8 Å². The molecule has 3 heterocycles. The van der Waals surface area contributed by atoms with Crippen LogP contribution >= 0.6 is 11.6 Å². The Labute approximate surface area is 215 Å². The minimum Gasteiger partial charge on any atom is -0.438 e. The first-order chi connectivity index (χ1) is 17.5. The number of hydrogen-bond acceptors (Lipinski definition) is 6. The number of anilines is 1. The van der Waals surface area contributed by atoms with Crippen molar-refractivity contribution in [3.8, 4) is 11.6 Å². The topological polar surface area (TPSA) is 71.5 Å². The van der Waals surface area contributed by atoms with Crippen molar-refractivity contribution >= 4 is 23.5 Å². The number of rotatable bonds is 6. The molecule has 0 spiro atoms. The van der Waals surface area contributed by atoms with E-state index >= 15 is 0 Å². The largest absolute Gasteiger partial charge is 0.438 e. The van der Waals surface area contributed by atoms with E-state index in [-0.39, 0.29) is 11.1 Å². The first kappa shape index (κ1) is 23.8. The number of nitrogens with zero attached hydrogens (tertiary/aromatic N) is 5. The van der Waals surface area contributed by atoms with Gasteiger partial charge < -0.3 is 14.5 Å². The zero-order valence-corrected chi connectivity index (χ0v) is 20.9. The average molecular weight is 500 g/mol. The molecule has 1 aliphatic rings. The fraction of sp³-hybridized carbons (Fsp3) is 0.214. The van der Waals surface area contributed by atoms with Gasteiger partial charge in [0.25, 0.3) is 5.91 Å². The Bertz CT molecular complexity index is 1380. The van der Waals surface area contributed by atoms with Crippen LogP contribution in [-0.4, -0.2) is 39.4 Å². The zero-order valence-electron chi connectivity index (χ0n) is 20.2. The second-order valence-corrected chi connectivity index (χ2v) is 9.19. The highest BCUT2D eigenvalue weighted by molar-refractivity contribution is 6.32. The SMILES string of the molecule is Cc1ccc(Oc2nc(N(C)Cc3ccccc3)nc3c2CN(C(=O)c2cccnc2Cl)CC3)cc1. The van der Waals surface area contributed by atoms with Gasteiger partial charge in [0, 0.05) is 32.8 Å². The van der Waals surface area contributed by atoms with Crippen LogP contribution in [0, 0.1) is 6.92 Å². The fourth-order valence-corrected chi connectivity index (χ4v) is 4.36. The summed E-state index contributed by atoms with van der Waals surface area (Å²) in [4.78, 5) is 30.7. The van der Waals surface area contributed by atoms with Gasteiger partial charge in [0.1, 0.15) is 10.9 Å². The standard InChI is InChI=1S/C28H26ClN5O2/c1-19-10-12-21(13-11-19)36-26-23-18-34(27(35)22-9-6-15-30-25(22)29)16-14-24(23)31-28(32-26)33(2)17-20-7-4-3-5-8-20/h3-13,15H,14,16-18H2,1-2H3. The molecule has 7 nitrogen and oxygen atoms in total. The van der Waals surface area contributed by atoms with Crippen molar-refractivity contribution in [1.82, 2.24) is 19.9 Å². The van der Waals surface area contributed by atoms with Gasteiger partial charge in [-0.25, -0.2) is 9.97 Å². The van der Waals surface area contributed by atoms with E-state index in [1.54, 1.807) is 23.2 Å². The zero-order chi connectivity index (χ0) is 25.1. The van der Waals surface area contributed by atoms with E-state index in [0.29, 0.717) is 49.2 Å². The number of fused-ring (bicyclic) bond motifs is 1. The fourth-order valence-electron chi connectivity index (χ4n) is 4.16. The van der Waals surface area contributed by atoms with Crippen LogP contribution in [0.15, 0.2) is 72.9 Å². The number of halogens is 1. The Balaban J connectivity index is 1.48. The van der Waals surface area contributed by atoms with E-state index in [1.165, 1.54) is 0 Å². The van der Waals surface area contributed by atoms with Crippen molar-refractivity contribution in [1.29, 1.82) is 0 Å². The second-order valence-electron chi connectivity index (χ2n) is 8.83. The summed E-state index contributed by atoms with van der Waals surface area (Å²) in [6, 6.07) is 21.4. The molecule has 0 radical (unpaired) electrons. The summed E-state index contributed by atoms with van der Waals surface area (Å²) in [5.74, 6) is 1.53. The van der Waals surface area contributed by atoms with E-state index in [9.17, 15) is 4.79 Å². The van der Waals surface area contributed by atoms with E-state index in [0.717, 1.165) is 22.4 Å². The van der Waals surface area contributed by atoms with Gasteiger partial charge in [0.05, 0.1) is 23.4 Å². The van der Waals surface area contributed by atoms with Gasteiger partial charge in [0.15, 0.2) is 0 Å². The lowest BCUT2D eigenvalue weighted by Crippen LogP contribution is -2.37. The van der Waals surface area contributed by atoms with Crippen molar-refractivity contribution < 1.29 is 9.53 Å². The average Bonchev–Trinajstić information content (AvgIpc) is 2.90. The molecule has 2 aromatic carbocycles. The smallest absolute Gasteiger partial charge is 0.257 e. The highest BCUT2D eigenvalue weighted by Crippen LogP contribution is 2.32. The summed E-state index contributed by atoms with van der Waals surface area (Å²) in [6.07, 6.45) is 2.15. The lowest BCUT2D eigenvalue weighted by Gasteiger charge is -2.30. The predicted molar refractivity (Wildman–Crippen MR) is 140 cm³/mol. The number of hydrogen-bond donors (Lipinski definition) is 0. The number of amides is 1. The van der Waals surface area contributed by atoms with E-state index < -0.39 is 0 Å². The minimum atomic E-state index is -0.176. The van der Waals surface area contributed by atoms with Crippen molar-refractivity contribution in [2.24, 2.45) is 0 Å². The van der Waals surface area contributed by atoms with Crippen LogP contribution < -0.4 is 9.64 Å². The van der Waals surface area contributed by atoms with Crippen LogP contribution in [0.2, 0.25) is 5.15 Å². The molecular weight excluding hydrogens is 474 g/mol. The molecule has 0 atom stereocenters. The lowest BCUT2D eigenvalue weighted by atomic mass is 10.1. The van der Waals surface area contributed by atoms with Crippen LogP contribution in [0.1, 0.15) is 32.7 Å². The number of ether oxygens (including phenoxy) is 1. The first-order valence-corrected chi connectivity index (χ1v) is 12.1. The Hall–Kier alpha value is -3.97. The second kappa shape index (κ2) is 10.3. The Morgan fingerprint density at radius 3 is 2.58 bits per heavy atom. The number of carbonyl (C=O) groups is 1. The van der Waals surface area contributed by atoms with Gasteiger partial charge in [-0.3, -0.25) is 4.79 Å². The van der Waals surface area contributed by atoms with Crippen LogP contribution in [0.25, 0.3) is 0 Å². The molecule has 1 amide bonds. The number of aryl methyl sites for hydroxylation is 1. The number of aromatic nitrogens is 3. The maximum Gasteiger partial charge on any atom is 0.257 e. The molecule has 4 aromatic rings. The van der Waals surface area contributed by atoms with Crippen molar-refractivity contribution in [2.75, 3.05) is 18.5 Å². The minimum absolute atomic E-state index is 0.176. The number of pyridine rings is 1.